The molecule has 6 heteroatoms. The summed E-state index contributed by atoms with van der Waals surface area (Å²) in [6, 6.07) is 3.83. The summed E-state index contributed by atoms with van der Waals surface area (Å²) in [5.74, 6) is 0.434. The monoisotopic (exact) mass is 334 g/mol. The van der Waals surface area contributed by atoms with Gasteiger partial charge in [-0.15, -0.1) is 0 Å². The number of hydrogen-bond donors (Lipinski definition) is 2. The Bertz CT molecular complexity index is 642. The highest BCUT2D eigenvalue weighted by Crippen LogP contribution is 2.28. The number of rotatable bonds is 5. The van der Waals surface area contributed by atoms with Gasteiger partial charge in [0.2, 0.25) is 5.91 Å². The van der Waals surface area contributed by atoms with Crippen LogP contribution in [0.2, 0.25) is 0 Å². The summed E-state index contributed by atoms with van der Waals surface area (Å²) in [7, 11) is 0. The van der Waals surface area contributed by atoms with Crippen molar-refractivity contribution < 1.29 is 4.79 Å². The van der Waals surface area contributed by atoms with Gasteiger partial charge in [-0.3, -0.25) is 14.8 Å². The quantitative estimate of drug-likeness (QED) is 0.823. The molecule has 1 fully saturated rings. The Morgan fingerprint density at radius 3 is 3.00 bits per heavy atom. The molecule has 2 aromatic rings. The van der Waals surface area contributed by atoms with Crippen molar-refractivity contribution in [1.29, 1.82) is 0 Å². The first-order valence-corrected chi connectivity index (χ1v) is 7.45. The van der Waals surface area contributed by atoms with E-state index < -0.39 is 0 Å². The second kappa shape index (κ2) is 5.75. The Morgan fingerprint density at radius 1 is 1.35 bits per heavy atom. The average molecular weight is 335 g/mol. The molecule has 1 aliphatic rings. The molecule has 0 saturated heterocycles. The Morgan fingerprint density at radius 2 is 2.20 bits per heavy atom. The highest BCUT2D eigenvalue weighted by Gasteiger charge is 2.28. The average Bonchev–Trinajstić information content (AvgIpc) is 3.27. The summed E-state index contributed by atoms with van der Waals surface area (Å²) in [5, 5.41) is 6.22. The number of pyridine rings is 2. The van der Waals surface area contributed by atoms with Gasteiger partial charge in [-0.2, -0.15) is 0 Å². The second-order valence-corrected chi connectivity index (χ2v) is 5.79. The van der Waals surface area contributed by atoms with Gasteiger partial charge < -0.3 is 10.6 Å². The molecule has 0 aliphatic heterocycles. The van der Waals surface area contributed by atoms with Gasteiger partial charge in [0.15, 0.2) is 0 Å². The first kappa shape index (κ1) is 13.3. The largest absolute Gasteiger partial charge is 0.381 e. The van der Waals surface area contributed by atoms with Gasteiger partial charge in [0.1, 0.15) is 5.52 Å². The predicted octanol–water partition coefficient (Wildman–Crippen LogP) is 2.33. The summed E-state index contributed by atoms with van der Waals surface area (Å²) in [5.41, 5.74) is 2.61. The van der Waals surface area contributed by atoms with Crippen LogP contribution in [0.25, 0.3) is 11.0 Å². The minimum atomic E-state index is 0.174. The van der Waals surface area contributed by atoms with Crippen molar-refractivity contribution in [3.63, 3.8) is 0 Å². The second-order valence-electron chi connectivity index (χ2n) is 4.87. The van der Waals surface area contributed by atoms with E-state index in [9.17, 15) is 4.79 Å². The van der Waals surface area contributed by atoms with Crippen LogP contribution in [-0.4, -0.2) is 29.0 Å². The summed E-state index contributed by atoms with van der Waals surface area (Å²) < 4.78 is 0.909. The fourth-order valence-electron chi connectivity index (χ4n) is 2.02. The number of anilines is 1. The number of nitrogens with one attached hydrogen (secondary N) is 2. The maximum Gasteiger partial charge on any atom is 0.223 e. The Balaban J connectivity index is 1.60. The third-order valence-corrected chi connectivity index (χ3v) is 3.67. The molecule has 20 heavy (non-hydrogen) atoms. The van der Waals surface area contributed by atoms with Gasteiger partial charge in [0, 0.05) is 35.9 Å². The number of amides is 1. The molecule has 1 saturated carbocycles. The fourth-order valence-corrected chi connectivity index (χ4v) is 2.34. The van der Waals surface area contributed by atoms with E-state index in [2.05, 4.69) is 36.5 Å². The van der Waals surface area contributed by atoms with Crippen LogP contribution >= 0.6 is 15.9 Å². The van der Waals surface area contributed by atoms with Gasteiger partial charge >= 0.3 is 0 Å². The van der Waals surface area contributed by atoms with Crippen molar-refractivity contribution in [2.24, 2.45) is 5.92 Å². The van der Waals surface area contributed by atoms with Gasteiger partial charge in [0.05, 0.1) is 11.2 Å². The number of aromatic nitrogens is 2. The molecule has 2 aromatic heterocycles. The maximum absolute atomic E-state index is 11.5. The SMILES string of the molecule is O=C(NCCNc1ccnc2cc(Br)cnc12)C1CC1. The summed E-state index contributed by atoms with van der Waals surface area (Å²) in [6.07, 6.45) is 5.58. The van der Waals surface area contributed by atoms with Crippen LogP contribution in [0.5, 0.6) is 0 Å². The Kier molecular flexibility index (Phi) is 3.82. The molecule has 0 atom stereocenters. The molecular formula is C14H15BrN4O. The van der Waals surface area contributed by atoms with Gasteiger partial charge in [-0.05, 0) is 40.9 Å². The number of carbonyl (C=O) groups is 1. The van der Waals surface area contributed by atoms with Gasteiger partial charge in [-0.1, -0.05) is 0 Å². The lowest BCUT2D eigenvalue weighted by atomic mass is 10.3. The van der Waals surface area contributed by atoms with Crippen LogP contribution in [0.15, 0.2) is 29.0 Å². The van der Waals surface area contributed by atoms with Gasteiger partial charge in [0.25, 0.3) is 0 Å². The molecule has 0 bridgehead atoms. The molecule has 104 valence electrons. The first-order valence-electron chi connectivity index (χ1n) is 6.66. The van der Waals surface area contributed by atoms with Gasteiger partial charge in [-0.25, -0.2) is 0 Å². The Labute approximate surface area is 125 Å². The molecule has 0 aromatic carbocycles. The normalized spacial score (nSPS) is 14.2. The number of fused-ring (bicyclic) bond motifs is 1. The van der Waals surface area contributed by atoms with Crippen LogP contribution in [0.3, 0.4) is 0 Å². The van der Waals surface area contributed by atoms with Crippen molar-refractivity contribution >= 4 is 38.6 Å². The number of carbonyl (C=O) groups excluding carboxylic acids is 1. The molecule has 1 aliphatic carbocycles. The summed E-state index contributed by atoms with van der Waals surface area (Å²) in [6.45, 7) is 1.30. The van der Waals surface area contributed by atoms with E-state index in [0.29, 0.717) is 13.1 Å². The minimum absolute atomic E-state index is 0.174. The smallest absolute Gasteiger partial charge is 0.223 e. The first-order chi connectivity index (χ1) is 9.74. The molecule has 0 spiro atoms. The van der Waals surface area contributed by atoms with E-state index in [1.54, 1.807) is 12.4 Å². The number of nitrogens with zero attached hydrogens (tertiary/aromatic N) is 2. The van der Waals surface area contributed by atoms with E-state index in [1.165, 1.54) is 0 Å². The lowest BCUT2D eigenvalue weighted by molar-refractivity contribution is -0.122. The third-order valence-electron chi connectivity index (χ3n) is 3.23. The molecular weight excluding hydrogens is 320 g/mol. The van der Waals surface area contributed by atoms with Crippen molar-refractivity contribution in [3.05, 3.63) is 29.0 Å². The molecule has 0 unspecified atom stereocenters. The highest BCUT2D eigenvalue weighted by atomic mass is 79.9. The topological polar surface area (TPSA) is 66.9 Å². The standard InChI is InChI=1S/C14H15BrN4O/c15-10-7-12-13(19-8-10)11(3-4-16-12)17-5-6-18-14(20)9-1-2-9/h3-4,7-9H,1-2,5-6H2,(H,16,17)(H,18,20). The lowest BCUT2D eigenvalue weighted by Crippen LogP contribution is -2.29. The maximum atomic E-state index is 11.5. The van der Waals surface area contributed by atoms with Crippen molar-refractivity contribution in [3.8, 4) is 0 Å². The molecule has 3 rings (SSSR count). The molecule has 0 radical (unpaired) electrons. The summed E-state index contributed by atoms with van der Waals surface area (Å²) >= 11 is 3.39. The summed E-state index contributed by atoms with van der Waals surface area (Å²) in [4.78, 5) is 20.2. The zero-order chi connectivity index (χ0) is 13.9. The van der Waals surface area contributed by atoms with E-state index in [0.717, 1.165) is 34.0 Å². The van der Waals surface area contributed by atoms with Crippen molar-refractivity contribution in [1.82, 2.24) is 15.3 Å². The molecule has 2 N–H and O–H groups in total. The third kappa shape index (κ3) is 3.07. The minimum Gasteiger partial charge on any atom is -0.381 e. The van der Waals surface area contributed by atoms with Crippen LogP contribution < -0.4 is 10.6 Å². The van der Waals surface area contributed by atoms with E-state index in [1.807, 2.05) is 12.1 Å². The highest BCUT2D eigenvalue weighted by molar-refractivity contribution is 9.10. The lowest BCUT2D eigenvalue weighted by Gasteiger charge is -2.09. The van der Waals surface area contributed by atoms with Crippen LogP contribution in [-0.2, 0) is 4.79 Å². The van der Waals surface area contributed by atoms with E-state index in [4.69, 9.17) is 0 Å². The van der Waals surface area contributed by atoms with Crippen molar-refractivity contribution in [2.45, 2.75) is 12.8 Å². The number of hydrogen-bond acceptors (Lipinski definition) is 4. The zero-order valence-electron chi connectivity index (χ0n) is 10.9. The van der Waals surface area contributed by atoms with Crippen LogP contribution in [0, 0.1) is 5.92 Å². The fraction of sp³-hybridized carbons (Fsp3) is 0.357. The molecule has 2 heterocycles. The number of halogens is 1. The molecule has 5 nitrogen and oxygen atoms in total. The van der Waals surface area contributed by atoms with Crippen LogP contribution in [0.1, 0.15) is 12.8 Å². The zero-order valence-corrected chi connectivity index (χ0v) is 12.5. The van der Waals surface area contributed by atoms with E-state index in [-0.39, 0.29) is 11.8 Å². The van der Waals surface area contributed by atoms with Crippen LogP contribution in [0.4, 0.5) is 5.69 Å². The Hall–Kier alpha value is -1.69. The molecule has 1 amide bonds. The van der Waals surface area contributed by atoms with E-state index >= 15 is 0 Å². The predicted molar refractivity (Wildman–Crippen MR) is 81.5 cm³/mol. The van der Waals surface area contributed by atoms with Crippen molar-refractivity contribution in [2.75, 3.05) is 18.4 Å².